The maximum atomic E-state index is 12.8. The van der Waals surface area contributed by atoms with Gasteiger partial charge in [-0.2, -0.15) is 4.31 Å². The average Bonchev–Trinajstić information content (AvgIpc) is 2.58. The van der Waals surface area contributed by atoms with Crippen LogP contribution in [0.5, 0.6) is 0 Å². The minimum absolute atomic E-state index is 0.0950. The van der Waals surface area contributed by atoms with Crippen LogP contribution >= 0.6 is 0 Å². The summed E-state index contributed by atoms with van der Waals surface area (Å²) in [5.74, 6) is -0.680. The van der Waals surface area contributed by atoms with E-state index in [1.165, 1.54) is 40.5 Å². The molecule has 0 bridgehead atoms. The lowest BCUT2D eigenvalue weighted by Gasteiger charge is -2.34. The molecule has 1 aromatic carbocycles. The van der Waals surface area contributed by atoms with Crippen molar-refractivity contribution in [3.63, 3.8) is 0 Å². The molecule has 1 aliphatic rings. The molecule has 0 aliphatic carbocycles. The van der Waals surface area contributed by atoms with Crippen molar-refractivity contribution in [1.29, 1.82) is 0 Å². The number of hydrogen-bond donors (Lipinski definition) is 1. The van der Waals surface area contributed by atoms with Crippen LogP contribution in [-0.4, -0.2) is 61.3 Å². The first-order valence-electron chi connectivity index (χ1n) is 8.68. The Morgan fingerprint density at radius 2 is 1.69 bits per heavy atom. The molecule has 0 saturated carbocycles. The highest BCUT2D eigenvalue weighted by Gasteiger charge is 2.31. The summed E-state index contributed by atoms with van der Waals surface area (Å²) in [6.07, 6.45) is 0.877. The quantitative estimate of drug-likeness (QED) is 0.811. The van der Waals surface area contributed by atoms with Crippen LogP contribution in [0.25, 0.3) is 0 Å². The smallest absolute Gasteiger partial charge is 0.305 e. The number of aliphatic carboxylic acids is 1. The Morgan fingerprint density at radius 3 is 2.19 bits per heavy atom. The molecule has 1 aliphatic heterocycles. The van der Waals surface area contributed by atoms with E-state index < -0.39 is 16.0 Å². The van der Waals surface area contributed by atoms with E-state index in [-0.39, 0.29) is 23.8 Å². The van der Waals surface area contributed by atoms with E-state index >= 15 is 0 Å². The first kappa shape index (κ1) is 20.4. The predicted molar refractivity (Wildman–Crippen MR) is 97.4 cm³/mol. The van der Waals surface area contributed by atoms with Gasteiger partial charge in [0.2, 0.25) is 10.0 Å². The molecule has 1 heterocycles. The molecule has 2 rings (SSSR count). The molecule has 144 valence electrons. The predicted octanol–water partition coefficient (Wildman–Crippen LogP) is 1.90. The van der Waals surface area contributed by atoms with Crippen LogP contribution < -0.4 is 0 Å². The van der Waals surface area contributed by atoms with Crippen LogP contribution in [-0.2, 0) is 14.8 Å². The summed E-state index contributed by atoms with van der Waals surface area (Å²) in [6, 6.07) is 5.83. The number of carbonyl (C=O) groups is 2. The van der Waals surface area contributed by atoms with Gasteiger partial charge < -0.3 is 10.0 Å². The Morgan fingerprint density at radius 1 is 1.15 bits per heavy atom. The molecule has 0 radical (unpaired) electrons. The molecule has 8 heteroatoms. The van der Waals surface area contributed by atoms with Crippen molar-refractivity contribution in [2.75, 3.05) is 26.7 Å². The van der Waals surface area contributed by atoms with Crippen LogP contribution in [0.4, 0.5) is 0 Å². The molecule has 1 amide bonds. The number of nitrogens with zero attached hydrogens (tertiary/aromatic N) is 2. The van der Waals surface area contributed by atoms with Gasteiger partial charge in [0.1, 0.15) is 0 Å². The standard InChI is InChI=1S/C18H26N2O5S/c1-13-10-14(2)12-20(11-13)26(24,25)16-6-4-15(5-7-16)18(23)19(3)9-8-17(21)22/h4-7,13-14H,8-12H2,1-3H3,(H,21,22). The lowest BCUT2D eigenvalue weighted by atomic mass is 9.94. The van der Waals surface area contributed by atoms with Crippen molar-refractivity contribution in [3.8, 4) is 0 Å². The summed E-state index contributed by atoms with van der Waals surface area (Å²) in [4.78, 5) is 24.4. The van der Waals surface area contributed by atoms with Gasteiger partial charge in [-0.15, -0.1) is 0 Å². The number of rotatable bonds is 6. The van der Waals surface area contributed by atoms with Gasteiger partial charge in [0.25, 0.3) is 5.91 Å². The third-order valence-electron chi connectivity index (χ3n) is 4.58. The van der Waals surface area contributed by atoms with E-state index in [4.69, 9.17) is 5.11 Å². The molecule has 1 saturated heterocycles. The van der Waals surface area contributed by atoms with E-state index in [0.29, 0.717) is 30.5 Å². The Hall–Kier alpha value is -1.93. The van der Waals surface area contributed by atoms with E-state index in [2.05, 4.69) is 0 Å². The largest absolute Gasteiger partial charge is 0.481 e. The minimum atomic E-state index is -3.58. The molecule has 2 unspecified atom stereocenters. The lowest BCUT2D eigenvalue weighted by Crippen LogP contribution is -2.42. The van der Waals surface area contributed by atoms with E-state index in [1.54, 1.807) is 0 Å². The maximum Gasteiger partial charge on any atom is 0.305 e. The SMILES string of the molecule is CC1CC(C)CN(S(=O)(=O)c2ccc(C(=O)N(C)CCC(=O)O)cc2)C1. The van der Waals surface area contributed by atoms with Crippen molar-refractivity contribution in [3.05, 3.63) is 29.8 Å². The van der Waals surface area contributed by atoms with Crippen LogP contribution in [0.3, 0.4) is 0 Å². The van der Waals surface area contributed by atoms with Gasteiger partial charge in [0.15, 0.2) is 0 Å². The molecule has 7 nitrogen and oxygen atoms in total. The van der Waals surface area contributed by atoms with Crippen LogP contribution in [0.2, 0.25) is 0 Å². The first-order valence-corrected chi connectivity index (χ1v) is 10.1. The topological polar surface area (TPSA) is 95.0 Å². The molecular formula is C18H26N2O5S. The summed E-state index contributed by atoms with van der Waals surface area (Å²) in [5, 5.41) is 8.69. The highest BCUT2D eigenvalue weighted by molar-refractivity contribution is 7.89. The monoisotopic (exact) mass is 382 g/mol. The van der Waals surface area contributed by atoms with E-state index in [1.807, 2.05) is 13.8 Å². The lowest BCUT2D eigenvalue weighted by molar-refractivity contribution is -0.137. The fraction of sp³-hybridized carbons (Fsp3) is 0.556. The van der Waals surface area contributed by atoms with Crippen LogP contribution in [0.15, 0.2) is 29.2 Å². The van der Waals surface area contributed by atoms with Gasteiger partial charge in [-0.3, -0.25) is 9.59 Å². The van der Waals surface area contributed by atoms with Gasteiger partial charge in [-0.1, -0.05) is 13.8 Å². The van der Waals surface area contributed by atoms with Gasteiger partial charge in [-0.25, -0.2) is 8.42 Å². The zero-order chi connectivity index (χ0) is 19.5. The van der Waals surface area contributed by atoms with Crippen LogP contribution in [0, 0.1) is 11.8 Å². The molecule has 26 heavy (non-hydrogen) atoms. The zero-order valence-electron chi connectivity index (χ0n) is 15.4. The summed E-state index contributed by atoms with van der Waals surface area (Å²) in [5.41, 5.74) is 0.331. The highest BCUT2D eigenvalue weighted by Crippen LogP contribution is 2.26. The Balaban J connectivity index is 2.13. The average molecular weight is 382 g/mol. The van der Waals surface area contributed by atoms with Crippen molar-refractivity contribution in [1.82, 2.24) is 9.21 Å². The summed E-state index contributed by atoms with van der Waals surface area (Å²) in [7, 11) is -2.06. The number of benzene rings is 1. The number of carbonyl (C=O) groups excluding carboxylic acids is 1. The third kappa shape index (κ3) is 4.82. The first-order chi connectivity index (χ1) is 12.1. The van der Waals surface area contributed by atoms with Crippen LogP contribution in [0.1, 0.15) is 37.0 Å². The molecule has 0 aromatic heterocycles. The van der Waals surface area contributed by atoms with Gasteiger partial charge in [0, 0.05) is 32.2 Å². The molecule has 1 aromatic rings. The number of amides is 1. The summed E-state index contributed by atoms with van der Waals surface area (Å²) < 4.78 is 27.2. The van der Waals surface area contributed by atoms with Gasteiger partial charge >= 0.3 is 5.97 Å². The molecule has 2 atom stereocenters. The summed E-state index contributed by atoms with van der Waals surface area (Å²) in [6.45, 7) is 5.20. The van der Waals surface area contributed by atoms with Crippen molar-refractivity contribution < 1.29 is 23.1 Å². The normalized spacial score (nSPS) is 21.3. The maximum absolute atomic E-state index is 12.8. The highest BCUT2D eigenvalue weighted by atomic mass is 32.2. The van der Waals surface area contributed by atoms with Gasteiger partial charge in [-0.05, 0) is 42.5 Å². The molecule has 0 spiro atoms. The second-order valence-electron chi connectivity index (χ2n) is 7.16. The minimum Gasteiger partial charge on any atom is -0.481 e. The van der Waals surface area contributed by atoms with E-state index in [0.717, 1.165) is 6.42 Å². The van der Waals surface area contributed by atoms with E-state index in [9.17, 15) is 18.0 Å². The second-order valence-corrected chi connectivity index (χ2v) is 9.10. The number of piperidine rings is 1. The van der Waals surface area contributed by atoms with Crippen molar-refractivity contribution in [2.24, 2.45) is 11.8 Å². The number of carboxylic acid groups (broad SMARTS) is 1. The Labute approximate surface area is 154 Å². The fourth-order valence-electron chi connectivity index (χ4n) is 3.31. The number of hydrogen-bond acceptors (Lipinski definition) is 4. The van der Waals surface area contributed by atoms with Crippen molar-refractivity contribution in [2.45, 2.75) is 31.6 Å². The Kier molecular flexibility index (Phi) is 6.41. The number of carboxylic acids is 1. The van der Waals surface area contributed by atoms with Gasteiger partial charge in [0.05, 0.1) is 11.3 Å². The number of sulfonamides is 1. The fourth-order valence-corrected chi connectivity index (χ4v) is 4.99. The third-order valence-corrected chi connectivity index (χ3v) is 6.43. The Bertz CT molecular complexity index is 750. The summed E-state index contributed by atoms with van der Waals surface area (Å²) >= 11 is 0. The molecule has 1 N–H and O–H groups in total. The second kappa shape index (κ2) is 8.18. The zero-order valence-corrected chi connectivity index (χ0v) is 16.2. The van der Waals surface area contributed by atoms with Crippen molar-refractivity contribution >= 4 is 21.9 Å². The molecule has 1 fully saturated rings. The molecular weight excluding hydrogens is 356 g/mol.